The van der Waals surface area contributed by atoms with Crippen LogP contribution in [0, 0.1) is 5.92 Å². The van der Waals surface area contributed by atoms with Gasteiger partial charge < -0.3 is 5.32 Å². The number of para-hydroxylation sites is 1. The largest absolute Gasteiger partial charge is 0.326 e. The fourth-order valence-electron chi connectivity index (χ4n) is 2.37. The minimum Gasteiger partial charge on any atom is -0.326 e. The van der Waals surface area contributed by atoms with Gasteiger partial charge in [0.1, 0.15) is 0 Å². The van der Waals surface area contributed by atoms with Crippen molar-refractivity contribution in [1.82, 2.24) is 0 Å². The molecular weight excluding hydrogens is 174 g/mol. The lowest BCUT2D eigenvalue weighted by Crippen LogP contribution is -2.30. The third kappa shape index (κ3) is 0.939. The lowest BCUT2D eigenvalue weighted by molar-refractivity contribution is -0.120. The van der Waals surface area contributed by atoms with E-state index in [0.29, 0.717) is 5.92 Å². The van der Waals surface area contributed by atoms with Crippen LogP contribution >= 0.6 is 0 Å². The maximum Gasteiger partial charge on any atom is 0.228 e. The number of nitrogens with one attached hydrogen (secondary N) is 1. The Labute approximate surface area is 82.6 Å². The molecule has 2 heteroatoms. The van der Waals surface area contributed by atoms with E-state index in [1.165, 1.54) is 5.56 Å². The zero-order valence-electron chi connectivity index (χ0n) is 7.73. The van der Waals surface area contributed by atoms with Gasteiger partial charge in [0.25, 0.3) is 0 Å². The summed E-state index contributed by atoms with van der Waals surface area (Å²) >= 11 is 0. The standard InChI is InChI=1S/C12H11NO/c14-12-10-6-3-5-8(10)9-4-1-2-7-11(9)13-12/h1-5,7-8,10H,6H2,(H,13,14). The number of hydrogen-bond acceptors (Lipinski definition) is 1. The van der Waals surface area contributed by atoms with Crippen LogP contribution in [0.1, 0.15) is 17.9 Å². The Kier molecular flexibility index (Phi) is 1.51. The molecule has 0 aromatic heterocycles. The highest BCUT2D eigenvalue weighted by molar-refractivity contribution is 5.97. The van der Waals surface area contributed by atoms with Crippen LogP contribution in [-0.4, -0.2) is 5.91 Å². The zero-order valence-corrected chi connectivity index (χ0v) is 7.73. The van der Waals surface area contributed by atoms with Crippen molar-refractivity contribution in [1.29, 1.82) is 0 Å². The summed E-state index contributed by atoms with van der Waals surface area (Å²) in [6.07, 6.45) is 5.14. The lowest BCUT2D eigenvalue weighted by Gasteiger charge is -2.27. The first-order chi connectivity index (χ1) is 6.86. The highest BCUT2D eigenvalue weighted by atomic mass is 16.2. The SMILES string of the molecule is O=C1Nc2ccccc2C2C=CCC12. The number of carbonyl (C=O) groups is 1. The summed E-state index contributed by atoms with van der Waals surface area (Å²) in [6, 6.07) is 8.05. The molecule has 2 atom stereocenters. The van der Waals surface area contributed by atoms with E-state index < -0.39 is 0 Å². The number of amides is 1. The van der Waals surface area contributed by atoms with Gasteiger partial charge in [-0.15, -0.1) is 0 Å². The fourth-order valence-corrected chi connectivity index (χ4v) is 2.37. The number of rotatable bonds is 0. The molecule has 2 aliphatic rings. The van der Waals surface area contributed by atoms with Gasteiger partial charge >= 0.3 is 0 Å². The summed E-state index contributed by atoms with van der Waals surface area (Å²) in [4.78, 5) is 11.7. The van der Waals surface area contributed by atoms with Crippen LogP contribution < -0.4 is 5.32 Å². The molecule has 0 radical (unpaired) electrons. The normalized spacial score (nSPS) is 28.1. The molecule has 1 aromatic carbocycles. The minimum atomic E-state index is 0.130. The van der Waals surface area contributed by atoms with Gasteiger partial charge in [0.15, 0.2) is 0 Å². The second-order valence-corrected chi connectivity index (χ2v) is 3.87. The number of hydrogen-bond donors (Lipinski definition) is 1. The molecule has 2 nitrogen and oxygen atoms in total. The smallest absolute Gasteiger partial charge is 0.228 e. The number of fused-ring (bicyclic) bond motifs is 3. The summed E-state index contributed by atoms with van der Waals surface area (Å²) < 4.78 is 0. The Morgan fingerprint density at radius 1 is 1.29 bits per heavy atom. The van der Waals surface area contributed by atoms with Crippen molar-refractivity contribution in [2.24, 2.45) is 5.92 Å². The number of anilines is 1. The van der Waals surface area contributed by atoms with Crippen molar-refractivity contribution in [2.45, 2.75) is 12.3 Å². The molecule has 1 amide bonds. The average molecular weight is 185 g/mol. The Bertz CT molecular complexity index is 422. The molecule has 0 saturated heterocycles. The molecule has 0 bridgehead atoms. The average Bonchev–Trinajstić information content (AvgIpc) is 2.67. The summed E-state index contributed by atoms with van der Waals surface area (Å²) in [5.41, 5.74) is 2.23. The maximum absolute atomic E-state index is 11.7. The van der Waals surface area contributed by atoms with Crippen molar-refractivity contribution in [3.05, 3.63) is 42.0 Å². The Balaban J connectivity index is 2.15. The lowest BCUT2D eigenvalue weighted by atomic mass is 9.84. The van der Waals surface area contributed by atoms with E-state index in [9.17, 15) is 4.79 Å². The molecule has 2 unspecified atom stereocenters. The van der Waals surface area contributed by atoms with Gasteiger partial charge in [-0.3, -0.25) is 4.79 Å². The van der Waals surface area contributed by atoms with Gasteiger partial charge in [-0.05, 0) is 18.1 Å². The highest BCUT2D eigenvalue weighted by Gasteiger charge is 2.35. The summed E-state index contributed by atoms with van der Waals surface area (Å²) in [7, 11) is 0. The van der Waals surface area contributed by atoms with Crippen molar-refractivity contribution < 1.29 is 4.79 Å². The van der Waals surface area contributed by atoms with Crippen molar-refractivity contribution in [2.75, 3.05) is 5.32 Å². The molecular formula is C12H11NO. The van der Waals surface area contributed by atoms with E-state index in [1.807, 2.05) is 18.2 Å². The molecule has 70 valence electrons. The first kappa shape index (κ1) is 7.80. The van der Waals surface area contributed by atoms with E-state index in [0.717, 1.165) is 12.1 Å². The quantitative estimate of drug-likeness (QED) is 0.617. The molecule has 0 fully saturated rings. The topological polar surface area (TPSA) is 29.1 Å². The molecule has 14 heavy (non-hydrogen) atoms. The van der Waals surface area contributed by atoms with Crippen molar-refractivity contribution in [3.8, 4) is 0 Å². The summed E-state index contributed by atoms with van der Waals surface area (Å²) in [5, 5.41) is 2.95. The summed E-state index contributed by atoms with van der Waals surface area (Å²) in [5.74, 6) is 0.601. The molecule has 0 saturated carbocycles. The molecule has 0 spiro atoms. The second kappa shape index (κ2) is 2.71. The number of benzene rings is 1. The number of carbonyl (C=O) groups excluding carboxylic acids is 1. The van der Waals surface area contributed by atoms with Crippen LogP contribution in [-0.2, 0) is 4.79 Å². The Morgan fingerprint density at radius 3 is 3.07 bits per heavy atom. The van der Waals surface area contributed by atoms with E-state index in [4.69, 9.17) is 0 Å². The van der Waals surface area contributed by atoms with Gasteiger partial charge in [-0.1, -0.05) is 30.4 Å². The zero-order chi connectivity index (χ0) is 9.54. The molecule has 1 N–H and O–H groups in total. The molecule has 1 heterocycles. The second-order valence-electron chi connectivity index (χ2n) is 3.87. The first-order valence-electron chi connectivity index (χ1n) is 4.93. The third-order valence-corrected chi connectivity index (χ3v) is 3.08. The van der Waals surface area contributed by atoms with Crippen LogP contribution in [0.3, 0.4) is 0 Å². The van der Waals surface area contributed by atoms with E-state index in [2.05, 4.69) is 23.5 Å². The van der Waals surface area contributed by atoms with Gasteiger partial charge in [0, 0.05) is 11.6 Å². The number of allylic oxidation sites excluding steroid dienone is 2. The predicted octanol–water partition coefficient (Wildman–Crippen LogP) is 2.30. The highest BCUT2D eigenvalue weighted by Crippen LogP contribution is 2.41. The van der Waals surface area contributed by atoms with Gasteiger partial charge in [-0.2, -0.15) is 0 Å². The summed E-state index contributed by atoms with van der Waals surface area (Å²) in [6.45, 7) is 0. The fraction of sp³-hybridized carbons (Fsp3) is 0.250. The van der Waals surface area contributed by atoms with Gasteiger partial charge in [-0.25, -0.2) is 0 Å². The first-order valence-corrected chi connectivity index (χ1v) is 4.93. The van der Waals surface area contributed by atoms with Crippen molar-refractivity contribution >= 4 is 11.6 Å². The Hall–Kier alpha value is -1.57. The van der Waals surface area contributed by atoms with Crippen LogP contribution in [0.15, 0.2) is 36.4 Å². The van der Waals surface area contributed by atoms with E-state index in [1.54, 1.807) is 0 Å². The monoisotopic (exact) mass is 185 g/mol. The molecule has 1 aliphatic heterocycles. The van der Waals surface area contributed by atoms with E-state index in [-0.39, 0.29) is 11.8 Å². The van der Waals surface area contributed by atoms with E-state index >= 15 is 0 Å². The van der Waals surface area contributed by atoms with Crippen LogP contribution in [0.2, 0.25) is 0 Å². The van der Waals surface area contributed by atoms with Gasteiger partial charge in [0.05, 0.1) is 5.92 Å². The molecule has 1 aliphatic carbocycles. The third-order valence-electron chi connectivity index (χ3n) is 3.08. The molecule has 3 rings (SSSR count). The maximum atomic E-state index is 11.7. The minimum absolute atomic E-state index is 0.130. The van der Waals surface area contributed by atoms with Crippen LogP contribution in [0.25, 0.3) is 0 Å². The van der Waals surface area contributed by atoms with Crippen LogP contribution in [0.4, 0.5) is 5.69 Å². The predicted molar refractivity (Wildman–Crippen MR) is 55.1 cm³/mol. The van der Waals surface area contributed by atoms with Crippen molar-refractivity contribution in [3.63, 3.8) is 0 Å². The van der Waals surface area contributed by atoms with Gasteiger partial charge in [0.2, 0.25) is 5.91 Å². The Morgan fingerprint density at radius 2 is 2.14 bits per heavy atom. The molecule has 1 aromatic rings. The van der Waals surface area contributed by atoms with Crippen LogP contribution in [0.5, 0.6) is 0 Å².